The summed E-state index contributed by atoms with van der Waals surface area (Å²) in [5.74, 6) is -0.882. The van der Waals surface area contributed by atoms with Gasteiger partial charge in [0.25, 0.3) is 5.91 Å². The third-order valence-electron chi connectivity index (χ3n) is 2.35. The smallest absolute Gasteiger partial charge is 0.328 e. The maximum absolute atomic E-state index is 12.1. The van der Waals surface area contributed by atoms with Crippen molar-refractivity contribution in [2.24, 2.45) is 0 Å². The van der Waals surface area contributed by atoms with E-state index in [-0.39, 0.29) is 5.91 Å². The number of tetrazole rings is 1. The fraction of sp³-hybridized carbons (Fsp3) is 0.300. The molecule has 0 saturated carbocycles. The molecule has 0 aliphatic rings. The number of nitrogens with zero attached hydrogens (tertiary/aromatic N) is 4. The average Bonchev–Trinajstić information content (AvgIpc) is 3.06. The van der Waals surface area contributed by atoms with E-state index in [2.05, 4.69) is 25.6 Å². The van der Waals surface area contributed by atoms with Gasteiger partial charge in [0.05, 0.1) is 12.8 Å². The zero-order valence-electron chi connectivity index (χ0n) is 10.2. The van der Waals surface area contributed by atoms with Crippen LogP contribution >= 0.6 is 11.3 Å². The van der Waals surface area contributed by atoms with Gasteiger partial charge in [-0.3, -0.25) is 4.79 Å². The Morgan fingerprint density at radius 1 is 1.53 bits per heavy atom. The van der Waals surface area contributed by atoms with Gasteiger partial charge in [-0.2, -0.15) is 4.68 Å². The highest BCUT2D eigenvalue weighted by Crippen LogP contribution is 2.19. The van der Waals surface area contributed by atoms with Crippen LogP contribution in [0.3, 0.4) is 0 Å². The van der Waals surface area contributed by atoms with Gasteiger partial charge in [0.1, 0.15) is 17.2 Å². The van der Waals surface area contributed by atoms with Crippen molar-refractivity contribution in [1.29, 1.82) is 0 Å². The average molecular weight is 281 g/mol. The molecule has 9 heteroatoms. The molecule has 0 saturated heterocycles. The molecule has 0 spiro atoms. The highest BCUT2D eigenvalue weighted by molar-refractivity contribution is 7.12. The first-order valence-corrected chi connectivity index (χ1v) is 6.21. The number of carbonyl (C=O) groups excluding carboxylic acids is 2. The number of carbonyl (C=O) groups is 2. The first-order chi connectivity index (χ1) is 9.13. The highest BCUT2D eigenvalue weighted by Gasteiger charge is 2.20. The molecule has 0 bridgehead atoms. The van der Waals surface area contributed by atoms with Gasteiger partial charge in [-0.15, -0.1) is 16.4 Å². The summed E-state index contributed by atoms with van der Waals surface area (Å²) < 4.78 is 5.93. The third-order valence-corrected chi connectivity index (χ3v) is 3.25. The van der Waals surface area contributed by atoms with Crippen LogP contribution < -0.4 is 5.32 Å². The van der Waals surface area contributed by atoms with Crippen LogP contribution in [-0.4, -0.2) is 45.2 Å². The molecule has 2 heterocycles. The van der Waals surface area contributed by atoms with Crippen LogP contribution in [0.2, 0.25) is 0 Å². The summed E-state index contributed by atoms with van der Waals surface area (Å²) in [6.45, 7) is 1.55. The quantitative estimate of drug-likeness (QED) is 0.793. The van der Waals surface area contributed by atoms with Gasteiger partial charge < -0.3 is 10.1 Å². The molecule has 19 heavy (non-hydrogen) atoms. The van der Waals surface area contributed by atoms with E-state index in [1.165, 1.54) is 29.5 Å². The second kappa shape index (κ2) is 5.57. The Hall–Kier alpha value is -2.29. The number of aromatic nitrogens is 4. The number of nitrogens with one attached hydrogen (secondary N) is 1. The largest absolute Gasteiger partial charge is 0.467 e. The number of ether oxygens (including phenoxy) is 1. The Balaban J connectivity index is 2.17. The number of esters is 1. The molecule has 2 aromatic rings. The zero-order chi connectivity index (χ0) is 13.8. The number of methoxy groups -OCH3 is 1. The highest BCUT2D eigenvalue weighted by atomic mass is 32.1. The predicted octanol–water partition coefficient (Wildman–Crippen LogP) is 0.0151. The maximum Gasteiger partial charge on any atom is 0.328 e. The Labute approximate surface area is 112 Å². The van der Waals surface area contributed by atoms with Gasteiger partial charge in [0, 0.05) is 0 Å². The summed E-state index contributed by atoms with van der Waals surface area (Å²) >= 11 is 1.24. The fourth-order valence-corrected chi connectivity index (χ4v) is 2.20. The van der Waals surface area contributed by atoms with Crippen molar-refractivity contribution >= 4 is 23.2 Å². The molecule has 0 aliphatic heterocycles. The van der Waals surface area contributed by atoms with Gasteiger partial charge >= 0.3 is 5.97 Å². The van der Waals surface area contributed by atoms with Crippen molar-refractivity contribution in [2.45, 2.75) is 13.0 Å². The Morgan fingerprint density at radius 2 is 2.32 bits per heavy atom. The second-order valence-corrected chi connectivity index (χ2v) is 4.52. The molecule has 0 unspecified atom stereocenters. The van der Waals surface area contributed by atoms with Gasteiger partial charge in [0.15, 0.2) is 0 Å². The molecule has 0 radical (unpaired) electrons. The van der Waals surface area contributed by atoms with E-state index < -0.39 is 12.0 Å². The minimum atomic E-state index is -0.721. The van der Waals surface area contributed by atoms with Crippen LogP contribution in [0.4, 0.5) is 0 Å². The summed E-state index contributed by atoms with van der Waals surface area (Å²) in [7, 11) is 1.27. The van der Waals surface area contributed by atoms with E-state index in [9.17, 15) is 9.59 Å². The first kappa shape index (κ1) is 13.1. The predicted molar refractivity (Wildman–Crippen MR) is 66.0 cm³/mol. The van der Waals surface area contributed by atoms with E-state index in [4.69, 9.17) is 0 Å². The molecule has 2 rings (SSSR count). The molecule has 1 atom stereocenters. The van der Waals surface area contributed by atoms with E-state index in [0.717, 1.165) is 0 Å². The Kier molecular flexibility index (Phi) is 3.85. The molecule has 8 nitrogen and oxygen atoms in total. The number of thiophene rings is 1. The molecular formula is C10H11N5O3S. The van der Waals surface area contributed by atoms with Crippen LogP contribution in [-0.2, 0) is 9.53 Å². The monoisotopic (exact) mass is 281 g/mol. The van der Waals surface area contributed by atoms with Gasteiger partial charge in [-0.1, -0.05) is 0 Å². The van der Waals surface area contributed by atoms with Gasteiger partial charge in [-0.25, -0.2) is 4.79 Å². The molecular weight excluding hydrogens is 270 g/mol. The fourth-order valence-electron chi connectivity index (χ4n) is 1.42. The Morgan fingerprint density at radius 3 is 2.95 bits per heavy atom. The molecule has 0 fully saturated rings. The summed E-state index contributed by atoms with van der Waals surface area (Å²) in [5.41, 5.74) is 0.560. The number of hydrogen-bond donors (Lipinski definition) is 1. The van der Waals surface area contributed by atoms with E-state index in [1.54, 1.807) is 18.4 Å². The van der Waals surface area contributed by atoms with Gasteiger partial charge in [0.2, 0.25) is 0 Å². The lowest BCUT2D eigenvalue weighted by molar-refractivity contribution is -0.142. The topological polar surface area (TPSA) is 99.0 Å². The Bertz CT molecular complexity index is 580. The standard InChI is InChI=1S/C10H11N5O3S/c1-6(10(17)18-2)12-9(16)8-7(3-4-19-8)15-5-11-13-14-15/h3-6H,1-2H3,(H,12,16)/t6-/m0/s1. The lowest BCUT2D eigenvalue weighted by Gasteiger charge is -2.11. The van der Waals surface area contributed by atoms with E-state index >= 15 is 0 Å². The lowest BCUT2D eigenvalue weighted by Crippen LogP contribution is -2.39. The second-order valence-electron chi connectivity index (χ2n) is 3.61. The molecule has 100 valence electrons. The van der Waals surface area contributed by atoms with Crippen molar-refractivity contribution in [3.05, 3.63) is 22.7 Å². The van der Waals surface area contributed by atoms with E-state index in [0.29, 0.717) is 10.6 Å². The number of amides is 1. The third kappa shape index (κ3) is 2.76. The summed E-state index contributed by atoms with van der Waals surface area (Å²) in [6, 6.07) is 1.000. The van der Waals surface area contributed by atoms with Crippen molar-refractivity contribution in [3.8, 4) is 5.69 Å². The summed E-state index contributed by atoms with van der Waals surface area (Å²) in [6.07, 6.45) is 1.39. The van der Waals surface area contributed by atoms with Crippen molar-refractivity contribution in [1.82, 2.24) is 25.5 Å². The molecule has 0 aliphatic carbocycles. The molecule has 1 N–H and O–H groups in total. The minimum Gasteiger partial charge on any atom is -0.467 e. The van der Waals surface area contributed by atoms with Crippen LogP contribution in [0.1, 0.15) is 16.6 Å². The van der Waals surface area contributed by atoms with Crippen LogP contribution in [0, 0.1) is 0 Å². The van der Waals surface area contributed by atoms with Crippen molar-refractivity contribution in [2.75, 3.05) is 7.11 Å². The van der Waals surface area contributed by atoms with Crippen LogP contribution in [0.25, 0.3) is 5.69 Å². The summed E-state index contributed by atoms with van der Waals surface area (Å²) in [5, 5.41) is 15.0. The molecule has 1 amide bonds. The van der Waals surface area contributed by atoms with Crippen molar-refractivity contribution in [3.63, 3.8) is 0 Å². The molecule has 2 aromatic heterocycles. The zero-order valence-corrected chi connectivity index (χ0v) is 11.0. The first-order valence-electron chi connectivity index (χ1n) is 5.33. The van der Waals surface area contributed by atoms with Crippen LogP contribution in [0.15, 0.2) is 17.8 Å². The van der Waals surface area contributed by atoms with Crippen molar-refractivity contribution < 1.29 is 14.3 Å². The molecule has 0 aromatic carbocycles. The summed E-state index contributed by atoms with van der Waals surface area (Å²) in [4.78, 5) is 23.7. The minimum absolute atomic E-state index is 0.376. The van der Waals surface area contributed by atoms with Gasteiger partial charge in [-0.05, 0) is 28.8 Å². The SMILES string of the molecule is COC(=O)[C@H](C)NC(=O)c1sccc1-n1cnnn1. The lowest BCUT2D eigenvalue weighted by atomic mass is 10.3. The van der Waals surface area contributed by atoms with E-state index in [1.807, 2.05) is 0 Å². The maximum atomic E-state index is 12.1. The normalized spacial score (nSPS) is 11.9. The number of rotatable bonds is 4. The van der Waals surface area contributed by atoms with Crippen LogP contribution in [0.5, 0.6) is 0 Å². The number of hydrogen-bond acceptors (Lipinski definition) is 7.